The van der Waals surface area contributed by atoms with E-state index in [4.69, 9.17) is 21.3 Å². The molecule has 35 heavy (non-hydrogen) atoms. The molecule has 2 saturated heterocycles. The van der Waals surface area contributed by atoms with E-state index in [9.17, 15) is 4.79 Å². The molecule has 7 heteroatoms. The molecule has 0 N–H and O–H groups in total. The topological polar surface area (TPSA) is 48.9 Å². The quantitative estimate of drug-likeness (QED) is 0.510. The van der Waals surface area contributed by atoms with Crippen LogP contribution in [0.5, 0.6) is 5.75 Å². The number of halogens is 1. The predicted octanol–water partition coefficient (Wildman–Crippen LogP) is 5.12. The Kier molecular flexibility index (Phi) is 6.08. The number of amides is 1. The van der Waals surface area contributed by atoms with Gasteiger partial charge >= 0.3 is 0 Å². The number of fused-ring (bicyclic) bond motifs is 1. The lowest BCUT2D eigenvalue weighted by Crippen LogP contribution is -2.35. The van der Waals surface area contributed by atoms with E-state index >= 15 is 0 Å². The van der Waals surface area contributed by atoms with Crippen molar-refractivity contribution in [1.29, 1.82) is 0 Å². The van der Waals surface area contributed by atoms with E-state index in [0.717, 1.165) is 35.7 Å². The molecular weight excluding hydrogens is 460 g/mol. The minimum atomic E-state index is -0.0648. The van der Waals surface area contributed by atoms with Gasteiger partial charge in [0.25, 0.3) is 5.91 Å². The lowest BCUT2D eigenvalue weighted by molar-refractivity contribution is 0.0990. The van der Waals surface area contributed by atoms with Gasteiger partial charge < -0.3 is 14.5 Å². The van der Waals surface area contributed by atoms with Gasteiger partial charge in [-0.15, -0.1) is 0 Å². The molecule has 4 heterocycles. The second-order valence-corrected chi connectivity index (χ2v) is 9.97. The average molecular weight is 489 g/mol. The molecule has 2 aromatic carbocycles. The fraction of sp³-hybridized carbons (Fsp3) is 0.357. The van der Waals surface area contributed by atoms with Crippen molar-refractivity contribution in [1.82, 2.24) is 9.88 Å². The first-order chi connectivity index (χ1) is 17.2. The highest BCUT2D eigenvalue weighted by Crippen LogP contribution is 2.32. The third-order valence-electron chi connectivity index (χ3n) is 7.40. The number of likely N-dealkylation sites (tertiary alicyclic amines) is 1. The van der Waals surface area contributed by atoms with E-state index in [0.29, 0.717) is 35.5 Å². The molecule has 3 aliphatic rings. The normalized spacial score (nSPS) is 20.6. The van der Waals surface area contributed by atoms with Crippen molar-refractivity contribution in [2.24, 2.45) is 0 Å². The van der Waals surface area contributed by atoms with Gasteiger partial charge in [-0.05, 0) is 79.9 Å². The molecule has 6 rings (SSSR count). The summed E-state index contributed by atoms with van der Waals surface area (Å²) in [6.45, 7) is 5.43. The Morgan fingerprint density at radius 1 is 0.914 bits per heavy atom. The van der Waals surface area contributed by atoms with Crippen LogP contribution >= 0.6 is 11.6 Å². The minimum absolute atomic E-state index is 0.0648. The van der Waals surface area contributed by atoms with Crippen molar-refractivity contribution in [3.8, 4) is 16.9 Å². The van der Waals surface area contributed by atoms with Crippen molar-refractivity contribution >= 4 is 29.0 Å². The van der Waals surface area contributed by atoms with Crippen LogP contribution in [0.15, 0.2) is 60.8 Å². The minimum Gasteiger partial charge on any atom is -0.491 e. The van der Waals surface area contributed by atoms with E-state index in [1.807, 2.05) is 60.8 Å². The van der Waals surface area contributed by atoms with Crippen LogP contribution in [0.4, 0.5) is 11.5 Å². The molecule has 0 bridgehead atoms. The molecule has 1 unspecified atom stereocenters. The van der Waals surface area contributed by atoms with Gasteiger partial charge in [0.2, 0.25) is 0 Å². The Morgan fingerprint density at radius 2 is 1.71 bits per heavy atom. The second-order valence-electron chi connectivity index (χ2n) is 9.53. The van der Waals surface area contributed by atoms with E-state index in [2.05, 4.69) is 9.80 Å². The largest absolute Gasteiger partial charge is 0.491 e. The summed E-state index contributed by atoms with van der Waals surface area (Å²) in [5, 5.41) is 0.696. The maximum Gasteiger partial charge on any atom is 0.262 e. The zero-order chi connectivity index (χ0) is 23.8. The molecule has 0 radical (unpaired) electrons. The second kappa shape index (κ2) is 9.51. The van der Waals surface area contributed by atoms with Crippen LogP contribution in [0, 0.1) is 0 Å². The fourth-order valence-electron chi connectivity index (χ4n) is 5.46. The van der Waals surface area contributed by atoms with Gasteiger partial charge in [-0.3, -0.25) is 9.69 Å². The highest BCUT2D eigenvalue weighted by Gasteiger charge is 2.30. The maximum atomic E-state index is 13.4. The Labute approximate surface area is 211 Å². The number of ether oxygens (including phenoxy) is 1. The number of nitrogens with zero attached hydrogens (tertiary/aromatic N) is 4. The number of hydrogen-bond donors (Lipinski definition) is 0. The van der Waals surface area contributed by atoms with Crippen LogP contribution in [-0.4, -0.2) is 61.2 Å². The molecule has 0 saturated carbocycles. The van der Waals surface area contributed by atoms with Crippen molar-refractivity contribution in [2.75, 3.05) is 49.1 Å². The third kappa shape index (κ3) is 4.48. The molecule has 1 atom stereocenters. The number of rotatable bonds is 4. The SMILES string of the molecule is O=C1c2ccc(-c3ccc(Cl)cc3)cc2OCCN1c1ccc(N2CCC(N3CCCC3)C2)nc1. The lowest BCUT2D eigenvalue weighted by atomic mass is 10.0. The van der Waals surface area contributed by atoms with Gasteiger partial charge in [0, 0.05) is 24.2 Å². The number of anilines is 2. The lowest BCUT2D eigenvalue weighted by Gasteiger charge is -2.24. The van der Waals surface area contributed by atoms with E-state index in [1.165, 1.54) is 32.4 Å². The maximum absolute atomic E-state index is 13.4. The summed E-state index contributed by atoms with van der Waals surface area (Å²) in [6, 6.07) is 18.1. The Hall–Kier alpha value is -3.09. The third-order valence-corrected chi connectivity index (χ3v) is 7.65. The van der Waals surface area contributed by atoms with Gasteiger partial charge in [0.15, 0.2) is 0 Å². The Balaban J connectivity index is 1.18. The molecule has 1 amide bonds. The van der Waals surface area contributed by atoms with Gasteiger partial charge in [0.05, 0.1) is 24.0 Å². The zero-order valence-corrected chi connectivity index (χ0v) is 20.5. The standard InChI is InChI=1S/C28H29ClN4O2/c29-22-6-3-20(4-7-22)21-5-9-25-26(17-21)35-16-15-33(28(25)34)23-8-10-27(30-18-23)32-14-11-24(19-32)31-12-1-2-13-31/h3-10,17-18,24H,1-2,11-16,19H2. The molecule has 1 aromatic heterocycles. The van der Waals surface area contributed by atoms with Crippen molar-refractivity contribution in [3.63, 3.8) is 0 Å². The molecule has 180 valence electrons. The number of carbonyl (C=O) groups is 1. The molecule has 6 nitrogen and oxygen atoms in total. The van der Waals surface area contributed by atoms with Crippen LogP contribution in [0.1, 0.15) is 29.6 Å². The highest BCUT2D eigenvalue weighted by atomic mass is 35.5. The first kappa shape index (κ1) is 22.4. The number of aromatic nitrogens is 1. The van der Waals surface area contributed by atoms with Gasteiger partial charge in [-0.25, -0.2) is 4.98 Å². The zero-order valence-electron chi connectivity index (χ0n) is 19.7. The summed E-state index contributed by atoms with van der Waals surface area (Å²) in [6.07, 6.45) is 5.66. The summed E-state index contributed by atoms with van der Waals surface area (Å²) >= 11 is 6.02. The van der Waals surface area contributed by atoms with Crippen LogP contribution in [0.3, 0.4) is 0 Å². The molecule has 3 aromatic rings. The van der Waals surface area contributed by atoms with Crippen LogP contribution in [-0.2, 0) is 0 Å². The summed E-state index contributed by atoms with van der Waals surface area (Å²) in [7, 11) is 0. The highest BCUT2D eigenvalue weighted by molar-refractivity contribution is 6.30. The van der Waals surface area contributed by atoms with Crippen LogP contribution in [0.25, 0.3) is 11.1 Å². The summed E-state index contributed by atoms with van der Waals surface area (Å²) < 4.78 is 6.00. The number of hydrogen-bond acceptors (Lipinski definition) is 5. The molecule has 0 aliphatic carbocycles. The Morgan fingerprint density at radius 3 is 2.49 bits per heavy atom. The van der Waals surface area contributed by atoms with Gasteiger partial charge in [-0.1, -0.05) is 29.8 Å². The van der Waals surface area contributed by atoms with Crippen LogP contribution in [0.2, 0.25) is 5.02 Å². The predicted molar refractivity (Wildman–Crippen MR) is 140 cm³/mol. The van der Waals surface area contributed by atoms with Gasteiger partial charge in [-0.2, -0.15) is 0 Å². The molecule has 0 spiro atoms. The first-order valence-electron chi connectivity index (χ1n) is 12.5. The smallest absolute Gasteiger partial charge is 0.262 e. The van der Waals surface area contributed by atoms with Crippen molar-refractivity contribution < 1.29 is 9.53 Å². The molecule has 2 fully saturated rings. The summed E-state index contributed by atoms with van der Waals surface area (Å²) in [5.41, 5.74) is 3.39. The van der Waals surface area contributed by atoms with Crippen molar-refractivity contribution in [3.05, 3.63) is 71.4 Å². The monoisotopic (exact) mass is 488 g/mol. The first-order valence-corrected chi connectivity index (χ1v) is 12.8. The summed E-state index contributed by atoms with van der Waals surface area (Å²) in [4.78, 5) is 24.9. The molecular formula is C28H29ClN4O2. The molecule has 3 aliphatic heterocycles. The van der Waals surface area contributed by atoms with Crippen LogP contribution < -0.4 is 14.5 Å². The van der Waals surface area contributed by atoms with Gasteiger partial charge in [0.1, 0.15) is 18.2 Å². The number of carbonyl (C=O) groups excluding carboxylic acids is 1. The van der Waals surface area contributed by atoms with Crippen molar-refractivity contribution in [2.45, 2.75) is 25.3 Å². The van der Waals surface area contributed by atoms with E-state index < -0.39 is 0 Å². The number of benzene rings is 2. The Bertz CT molecular complexity index is 1210. The van der Waals surface area contributed by atoms with E-state index in [1.54, 1.807) is 4.90 Å². The van der Waals surface area contributed by atoms with E-state index in [-0.39, 0.29) is 5.91 Å². The summed E-state index contributed by atoms with van der Waals surface area (Å²) in [5.74, 6) is 1.53. The average Bonchev–Trinajstić information content (AvgIpc) is 3.57. The number of pyridine rings is 1. The fourth-order valence-corrected chi connectivity index (χ4v) is 5.59.